The van der Waals surface area contributed by atoms with Crippen LogP contribution in [0.4, 0.5) is 17.6 Å². The van der Waals surface area contributed by atoms with E-state index in [0.29, 0.717) is 5.75 Å². The maximum atomic E-state index is 14.6. The normalized spacial score (nSPS) is 23.7. The first kappa shape index (κ1) is 21.7. The minimum atomic E-state index is -2.41. The molecule has 1 aliphatic rings. The van der Waals surface area contributed by atoms with Crippen LogP contribution in [-0.4, -0.2) is 36.1 Å². The highest BCUT2D eigenvalue weighted by atomic mass is 19.2. The summed E-state index contributed by atoms with van der Waals surface area (Å²) < 4.78 is 61.3. The van der Waals surface area contributed by atoms with E-state index in [1.807, 2.05) is 0 Å². The highest BCUT2D eigenvalue weighted by molar-refractivity contribution is 5.95. The Hall–Kier alpha value is -2.97. The van der Waals surface area contributed by atoms with Crippen LogP contribution < -0.4 is 10.5 Å². The molecule has 30 heavy (non-hydrogen) atoms. The molecule has 2 heterocycles. The van der Waals surface area contributed by atoms with Crippen LogP contribution in [0.5, 0.6) is 5.75 Å². The SMILES string of the molecule is COc1ccc(C(=O)Cc2cc(F)c(F)c([C@]3(C)CC[C@@](F)(CF)C(N)=N3)c2)nc1. The van der Waals surface area contributed by atoms with Crippen molar-refractivity contribution < 1.29 is 27.1 Å². The number of ether oxygens (including phenoxy) is 1. The van der Waals surface area contributed by atoms with Gasteiger partial charge in [0.1, 0.15) is 24.0 Å². The van der Waals surface area contributed by atoms with Gasteiger partial charge in [0, 0.05) is 12.0 Å². The van der Waals surface area contributed by atoms with Crippen molar-refractivity contribution in [3.8, 4) is 5.75 Å². The molecule has 0 amide bonds. The fraction of sp³-hybridized carbons (Fsp3) is 0.381. The maximum Gasteiger partial charge on any atom is 0.195 e. The summed E-state index contributed by atoms with van der Waals surface area (Å²) in [6, 6.07) is 5.25. The number of hydrogen-bond acceptors (Lipinski definition) is 5. The van der Waals surface area contributed by atoms with Crippen LogP contribution in [0.15, 0.2) is 35.5 Å². The zero-order valence-electron chi connectivity index (χ0n) is 16.5. The van der Waals surface area contributed by atoms with E-state index >= 15 is 0 Å². The van der Waals surface area contributed by atoms with Gasteiger partial charge in [0.05, 0.1) is 18.8 Å². The summed E-state index contributed by atoms with van der Waals surface area (Å²) in [7, 11) is 1.46. The van der Waals surface area contributed by atoms with Crippen molar-refractivity contribution in [2.24, 2.45) is 10.7 Å². The van der Waals surface area contributed by atoms with E-state index in [-0.39, 0.29) is 36.1 Å². The van der Waals surface area contributed by atoms with Gasteiger partial charge in [0.15, 0.2) is 23.1 Å². The Bertz CT molecular complexity index is 996. The first-order valence-corrected chi connectivity index (χ1v) is 9.24. The zero-order valence-corrected chi connectivity index (χ0v) is 16.5. The molecule has 0 spiro atoms. The standard InChI is InChI=1S/C21H21F4N3O2/c1-20(5-6-21(25,11-22)19(26)28-20)14-7-12(8-15(23)18(14)24)9-17(29)16-4-3-13(30-2)10-27-16/h3-4,7-8,10H,5-6,9,11H2,1-2H3,(H2,26,28)/t20-,21+/m0/s1. The van der Waals surface area contributed by atoms with Crippen molar-refractivity contribution in [3.05, 3.63) is 58.9 Å². The molecule has 0 bridgehead atoms. The van der Waals surface area contributed by atoms with Gasteiger partial charge in [-0.25, -0.2) is 22.5 Å². The Balaban J connectivity index is 1.93. The average Bonchev–Trinajstić information content (AvgIpc) is 2.73. The van der Waals surface area contributed by atoms with Crippen molar-refractivity contribution in [2.75, 3.05) is 13.8 Å². The minimum absolute atomic E-state index is 0.0814. The number of nitrogens with zero attached hydrogens (tertiary/aromatic N) is 2. The van der Waals surface area contributed by atoms with Crippen LogP contribution >= 0.6 is 0 Å². The second-order valence-corrected chi connectivity index (χ2v) is 7.49. The van der Waals surface area contributed by atoms with Crippen LogP contribution in [0.2, 0.25) is 0 Å². The topological polar surface area (TPSA) is 77.6 Å². The molecule has 2 aromatic rings. The van der Waals surface area contributed by atoms with Crippen molar-refractivity contribution in [3.63, 3.8) is 0 Å². The molecule has 1 aromatic heterocycles. The van der Waals surface area contributed by atoms with E-state index in [1.54, 1.807) is 6.07 Å². The third-order valence-electron chi connectivity index (χ3n) is 5.34. The number of nitrogens with two attached hydrogens (primary N) is 1. The highest BCUT2D eigenvalue weighted by Crippen LogP contribution is 2.41. The lowest BCUT2D eigenvalue weighted by Gasteiger charge is -2.36. The lowest BCUT2D eigenvalue weighted by Crippen LogP contribution is -2.48. The van der Waals surface area contributed by atoms with E-state index in [2.05, 4.69) is 9.98 Å². The summed E-state index contributed by atoms with van der Waals surface area (Å²) in [5.41, 5.74) is 1.95. The molecule has 9 heteroatoms. The molecule has 2 atom stereocenters. The number of carbonyl (C=O) groups is 1. The number of carbonyl (C=O) groups excluding carboxylic acids is 1. The number of ketones is 1. The molecule has 5 nitrogen and oxygen atoms in total. The van der Waals surface area contributed by atoms with Gasteiger partial charge in [-0.3, -0.25) is 9.79 Å². The van der Waals surface area contributed by atoms with Gasteiger partial charge in [-0.2, -0.15) is 0 Å². The number of halogens is 4. The maximum absolute atomic E-state index is 14.6. The second-order valence-electron chi connectivity index (χ2n) is 7.49. The third-order valence-corrected chi connectivity index (χ3v) is 5.34. The zero-order chi connectivity index (χ0) is 22.1. The summed E-state index contributed by atoms with van der Waals surface area (Å²) in [4.78, 5) is 20.5. The minimum Gasteiger partial charge on any atom is -0.495 e. The van der Waals surface area contributed by atoms with Crippen LogP contribution in [0, 0.1) is 11.6 Å². The molecule has 1 aliphatic heterocycles. The molecule has 0 aliphatic carbocycles. The molecule has 1 aromatic carbocycles. The summed E-state index contributed by atoms with van der Waals surface area (Å²) in [6.07, 6.45) is 0.728. The van der Waals surface area contributed by atoms with Crippen LogP contribution in [0.1, 0.15) is 41.4 Å². The largest absolute Gasteiger partial charge is 0.495 e. The number of pyridine rings is 1. The Morgan fingerprint density at radius 2 is 2.00 bits per heavy atom. The van der Waals surface area contributed by atoms with Gasteiger partial charge < -0.3 is 10.5 Å². The Morgan fingerprint density at radius 3 is 2.57 bits per heavy atom. The fourth-order valence-electron chi connectivity index (χ4n) is 3.40. The molecule has 0 fully saturated rings. The number of amidine groups is 1. The van der Waals surface area contributed by atoms with Gasteiger partial charge >= 0.3 is 0 Å². The summed E-state index contributed by atoms with van der Waals surface area (Å²) >= 11 is 0. The number of alkyl halides is 2. The van der Waals surface area contributed by atoms with Crippen molar-refractivity contribution in [2.45, 2.75) is 37.4 Å². The summed E-state index contributed by atoms with van der Waals surface area (Å²) in [6.45, 7) is 0.116. The highest BCUT2D eigenvalue weighted by Gasteiger charge is 2.45. The van der Waals surface area contributed by atoms with Gasteiger partial charge in [0.2, 0.25) is 0 Å². The number of methoxy groups -OCH3 is 1. The lowest BCUT2D eigenvalue weighted by molar-refractivity contribution is 0.0988. The van der Waals surface area contributed by atoms with Crippen molar-refractivity contribution in [1.29, 1.82) is 0 Å². The number of aliphatic imine (C=N–C) groups is 1. The van der Waals surface area contributed by atoms with Gasteiger partial charge in [-0.1, -0.05) is 0 Å². The average molecular weight is 423 g/mol. The van der Waals surface area contributed by atoms with Crippen LogP contribution in [0.25, 0.3) is 0 Å². The van der Waals surface area contributed by atoms with Gasteiger partial charge in [0.25, 0.3) is 0 Å². The molecule has 3 rings (SSSR count). The number of Topliss-reactive ketones (excluding diaryl/α,β-unsaturated/α-hetero) is 1. The van der Waals surface area contributed by atoms with Crippen LogP contribution in [0.3, 0.4) is 0 Å². The molecule has 2 N–H and O–H groups in total. The second kappa shape index (κ2) is 8.04. The van der Waals surface area contributed by atoms with E-state index in [0.717, 1.165) is 6.07 Å². The molecule has 0 radical (unpaired) electrons. The van der Waals surface area contributed by atoms with Gasteiger partial charge in [-0.05, 0) is 49.6 Å². The third kappa shape index (κ3) is 4.01. The predicted octanol–water partition coefficient (Wildman–Crippen LogP) is 3.84. The monoisotopic (exact) mass is 423 g/mol. The van der Waals surface area contributed by atoms with E-state index in [1.165, 1.54) is 32.4 Å². The first-order chi connectivity index (χ1) is 14.1. The predicted molar refractivity (Wildman–Crippen MR) is 103 cm³/mol. The van der Waals surface area contributed by atoms with Crippen LogP contribution in [-0.2, 0) is 12.0 Å². The van der Waals surface area contributed by atoms with Crippen molar-refractivity contribution >= 4 is 11.6 Å². The Kier molecular flexibility index (Phi) is 5.83. The quantitative estimate of drug-likeness (QED) is 0.566. The number of hydrogen-bond donors (Lipinski definition) is 1. The Morgan fingerprint density at radius 1 is 1.27 bits per heavy atom. The van der Waals surface area contributed by atoms with Gasteiger partial charge in [-0.15, -0.1) is 0 Å². The molecular weight excluding hydrogens is 402 g/mol. The van der Waals surface area contributed by atoms with E-state index in [4.69, 9.17) is 10.5 Å². The van der Waals surface area contributed by atoms with Crippen molar-refractivity contribution in [1.82, 2.24) is 4.98 Å². The number of rotatable bonds is 6. The number of benzene rings is 1. The Labute approximate surface area is 171 Å². The van der Waals surface area contributed by atoms with E-state index < -0.39 is 41.1 Å². The molecule has 0 saturated heterocycles. The lowest BCUT2D eigenvalue weighted by atomic mass is 9.80. The molecular formula is C21H21F4N3O2. The van der Waals surface area contributed by atoms with E-state index in [9.17, 15) is 22.4 Å². The first-order valence-electron chi connectivity index (χ1n) is 9.24. The summed E-state index contributed by atoms with van der Waals surface area (Å²) in [5, 5.41) is 0. The summed E-state index contributed by atoms with van der Waals surface area (Å²) in [5.74, 6) is -2.87. The number of aromatic nitrogens is 1. The smallest absolute Gasteiger partial charge is 0.195 e. The fourth-order valence-corrected chi connectivity index (χ4v) is 3.40. The molecule has 160 valence electrons. The molecule has 0 saturated carbocycles. The molecule has 0 unspecified atom stereocenters.